The Labute approximate surface area is 98.0 Å². The van der Waals surface area contributed by atoms with Gasteiger partial charge in [-0.05, 0) is 12.1 Å². The van der Waals surface area contributed by atoms with Gasteiger partial charge < -0.3 is 13.8 Å². The number of rotatable bonds is 4. The molecular formula is C10H11O6P. The van der Waals surface area contributed by atoms with E-state index in [1.165, 1.54) is 12.1 Å². The molecule has 1 rings (SSSR count). The van der Waals surface area contributed by atoms with E-state index in [2.05, 4.69) is 13.8 Å². The highest BCUT2D eigenvalue weighted by molar-refractivity contribution is 7.71. The first kappa shape index (κ1) is 13.6. The predicted octanol–water partition coefficient (Wildman–Crippen LogP) is 2.45. The zero-order valence-electron chi connectivity index (χ0n) is 9.28. The lowest BCUT2D eigenvalue weighted by Crippen LogP contribution is -2.13. The van der Waals surface area contributed by atoms with Gasteiger partial charge in [-0.3, -0.25) is 0 Å². The predicted molar refractivity (Wildman–Crippen MR) is 58.9 cm³/mol. The highest BCUT2D eigenvalue weighted by atomic mass is 31.2. The van der Waals surface area contributed by atoms with Crippen molar-refractivity contribution < 1.29 is 27.9 Å². The first-order chi connectivity index (χ1) is 8.03. The zero-order valence-corrected chi connectivity index (χ0v) is 10.2. The molecule has 0 saturated heterocycles. The van der Waals surface area contributed by atoms with Gasteiger partial charge in [0.15, 0.2) is 0 Å². The molecule has 0 aliphatic rings. The highest BCUT2D eigenvalue weighted by Gasteiger charge is 2.36. The standard InChI is InChI=1S/C10H11O6P/c1-14-17(13,15-2)10(12)16-9(11)8-6-4-3-5-7-8/h3-7H,1-2H3. The fraction of sp³-hybridized carbons (Fsp3) is 0.200. The third kappa shape index (κ3) is 3.23. The van der Waals surface area contributed by atoms with Crippen LogP contribution in [0.2, 0.25) is 0 Å². The first-order valence-corrected chi connectivity index (χ1v) is 6.11. The molecule has 0 radical (unpaired) electrons. The molecule has 0 amide bonds. The second kappa shape index (κ2) is 5.72. The van der Waals surface area contributed by atoms with Crippen molar-refractivity contribution in [2.45, 2.75) is 0 Å². The summed E-state index contributed by atoms with van der Waals surface area (Å²) in [7, 11) is -1.98. The molecule has 0 aliphatic heterocycles. The lowest BCUT2D eigenvalue weighted by atomic mass is 10.2. The Morgan fingerprint density at radius 1 is 1.06 bits per heavy atom. The number of carbonyl (C=O) groups is 2. The quantitative estimate of drug-likeness (QED) is 0.469. The van der Waals surface area contributed by atoms with Gasteiger partial charge in [0, 0.05) is 14.2 Å². The van der Waals surface area contributed by atoms with Gasteiger partial charge in [0.2, 0.25) is 0 Å². The smallest absolute Gasteiger partial charge is 0.380 e. The van der Waals surface area contributed by atoms with Crippen LogP contribution < -0.4 is 0 Å². The van der Waals surface area contributed by atoms with Crippen LogP contribution in [0.3, 0.4) is 0 Å². The van der Waals surface area contributed by atoms with E-state index in [4.69, 9.17) is 0 Å². The molecule has 1 aromatic carbocycles. The van der Waals surface area contributed by atoms with Gasteiger partial charge in [-0.2, -0.15) is 0 Å². The maximum absolute atomic E-state index is 11.5. The molecule has 0 aliphatic carbocycles. The van der Waals surface area contributed by atoms with Crippen LogP contribution in [0, 0.1) is 0 Å². The topological polar surface area (TPSA) is 78.9 Å². The number of hydrogen-bond donors (Lipinski definition) is 0. The van der Waals surface area contributed by atoms with Gasteiger partial charge in [-0.1, -0.05) is 18.2 Å². The third-order valence-corrected chi connectivity index (χ3v) is 3.39. The van der Waals surface area contributed by atoms with Crippen molar-refractivity contribution >= 4 is 19.3 Å². The van der Waals surface area contributed by atoms with Crippen LogP contribution >= 0.6 is 7.60 Å². The highest BCUT2D eigenvalue weighted by Crippen LogP contribution is 2.48. The second-order valence-corrected chi connectivity index (χ2v) is 4.97. The Morgan fingerprint density at radius 3 is 2.06 bits per heavy atom. The molecule has 6 nitrogen and oxygen atoms in total. The fourth-order valence-electron chi connectivity index (χ4n) is 0.992. The molecule has 7 heteroatoms. The fourth-order valence-corrected chi connectivity index (χ4v) is 1.63. The van der Waals surface area contributed by atoms with E-state index in [-0.39, 0.29) is 5.56 Å². The van der Waals surface area contributed by atoms with Crippen molar-refractivity contribution in [2.75, 3.05) is 14.2 Å². The maximum Gasteiger partial charge on any atom is 0.438 e. The second-order valence-electron chi connectivity index (χ2n) is 2.88. The molecule has 0 fully saturated rings. The van der Waals surface area contributed by atoms with Gasteiger partial charge in [0.05, 0.1) is 5.56 Å². The lowest BCUT2D eigenvalue weighted by molar-refractivity contribution is 0.0647. The van der Waals surface area contributed by atoms with Crippen molar-refractivity contribution in [3.8, 4) is 0 Å². The Kier molecular flexibility index (Phi) is 4.57. The largest absolute Gasteiger partial charge is 0.438 e. The number of ether oxygens (including phenoxy) is 1. The molecular weight excluding hydrogens is 247 g/mol. The summed E-state index contributed by atoms with van der Waals surface area (Å²) in [5, 5.41) is 0. The van der Waals surface area contributed by atoms with E-state index in [9.17, 15) is 14.2 Å². The molecule has 0 saturated carbocycles. The third-order valence-electron chi connectivity index (χ3n) is 1.89. The first-order valence-electron chi connectivity index (χ1n) is 4.57. The Bertz CT molecular complexity index is 447. The van der Waals surface area contributed by atoms with Gasteiger partial charge in [-0.25, -0.2) is 14.2 Å². The SMILES string of the molecule is COP(=O)(OC)C(=O)OC(=O)c1ccccc1. The van der Waals surface area contributed by atoms with Crippen molar-refractivity contribution in [1.82, 2.24) is 0 Å². The molecule has 0 aromatic heterocycles. The van der Waals surface area contributed by atoms with Crippen molar-refractivity contribution in [1.29, 1.82) is 0 Å². The van der Waals surface area contributed by atoms with Crippen molar-refractivity contribution in [3.05, 3.63) is 35.9 Å². The van der Waals surface area contributed by atoms with E-state index >= 15 is 0 Å². The zero-order chi connectivity index (χ0) is 12.9. The van der Waals surface area contributed by atoms with E-state index in [1.807, 2.05) is 0 Å². The average Bonchev–Trinajstić information content (AvgIpc) is 2.38. The molecule has 0 atom stereocenters. The summed E-state index contributed by atoms with van der Waals surface area (Å²) < 4.78 is 24.7. The van der Waals surface area contributed by atoms with Crippen LogP contribution in [0.25, 0.3) is 0 Å². The number of esters is 1. The molecule has 0 N–H and O–H groups in total. The van der Waals surface area contributed by atoms with Crippen LogP contribution in [-0.2, 0) is 18.3 Å². The number of carbonyl (C=O) groups excluding carboxylic acids is 2. The van der Waals surface area contributed by atoms with Gasteiger partial charge in [-0.15, -0.1) is 0 Å². The minimum absolute atomic E-state index is 0.166. The van der Waals surface area contributed by atoms with E-state index < -0.39 is 19.3 Å². The molecule has 0 bridgehead atoms. The normalized spacial score (nSPS) is 10.9. The summed E-state index contributed by atoms with van der Waals surface area (Å²) in [5.74, 6) is -0.912. The average molecular weight is 258 g/mol. The number of benzene rings is 1. The molecule has 0 heterocycles. The summed E-state index contributed by atoms with van der Waals surface area (Å²) in [6.07, 6.45) is 0. The summed E-state index contributed by atoms with van der Waals surface area (Å²) >= 11 is 0. The molecule has 92 valence electrons. The van der Waals surface area contributed by atoms with Gasteiger partial charge >= 0.3 is 19.3 Å². The van der Waals surface area contributed by atoms with Gasteiger partial charge in [0.25, 0.3) is 0 Å². The van der Waals surface area contributed by atoms with Crippen molar-refractivity contribution in [3.63, 3.8) is 0 Å². The minimum atomic E-state index is -4.03. The number of hydrogen-bond acceptors (Lipinski definition) is 6. The molecule has 0 spiro atoms. The molecule has 0 unspecified atom stereocenters. The summed E-state index contributed by atoms with van der Waals surface area (Å²) in [5.41, 5.74) is -1.17. The van der Waals surface area contributed by atoms with E-state index in [0.717, 1.165) is 14.2 Å². The van der Waals surface area contributed by atoms with E-state index in [0.29, 0.717) is 0 Å². The summed E-state index contributed by atoms with van der Waals surface area (Å²) in [6.45, 7) is 0. The van der Waals surface area contributed by atoms with Crippen LogP contribution in [0.15, 0.2) is 30.3 Å². The summed E-state index contributed by atoms with van der Waals surface area (Å²) in [4.78, 5) is 22.8. The van der Waals surface area contributed by atoms with Crippen LogP contribution in [0.5, 0.6) is 0 Å². The van der Waals surface area contributed by atoms with Crippen LogP contribution in [0.4, 0.5) is 4.79 Å². The summed E-state index contributed by atoms with van der Waals surface area (Å²) in [6, 6.07) is 7.83. The Hall–Kier alpha value is -1.49. The molecule has 17 heavy (non-hydrogen) atoms. The van der Waals surface area contributed by atoms with E-state index in [1.54, 1.807) is 18.2 Å². The maximum atomic E-state index is 11.5. The lowest BCUT2D eigenvalue weighted by Gasteiger charge is -2.10. The Balaban J connectivity index is 2.77. The van der Waals surface area contributed by atoms with Crippen LogP contribution in [-0.4, -0.2) is 25.9 Å². The Morgan fingerprint density at radius 2 is 1.59 bits per heavy atom. The monoisotopic (exact) mass is 258 g/mol. The molecule has 1 aromatic rings. The van der Waals surface area contributed by atoms with Crippen molar-refractivity contribution in [2.24, 2.45) is 0 Å². The minimum Gasteiger partial charge on any atom is -0.380 e. The van der Waals surface area contributed by atoms with Crippen LogP contribution in [0.1, 0.15) is 10.4 Å². The van der Waals surface area contributed by atoms with Gasteiger partial charge in [0.1, 0.15) is 0 Å².